The van der Waals surface area contributed by atoms with E-state index in [0.29, 0.717) is 26.2 Å². The van der Waals surface area contributed by atoms with Gasteiger partial charge in [0.05, 0.1) is 19.3 Å². The van der Waals surface area contributed by atoms with Crippen molar-refractivity contribution in [3.05, 3.63) is 96.6 Å². The molecule has 0 radical (unpaired) electrons. The van der Waals surface area contributed by atoms with E-state index in [4.69, 9.17) is 9.47 Å². The first-order chi connectivity index (χ1) is 13.3. The van der Waals surface area contributed by atoms with E-state index in [9.17, 15) is 4.79 Å². The predicted molar refractivity (Wildman–Crippen MR) is 109 cm³/mol. The quantitative estimate of drug-likeness (QED) is 0.359. The Bertz CT molecular complexity index is 692. The maximum absolute atomic E-state index is 11.3. The minimum atomic E-state index is -0.0806. The summed E-state index contributed by atoms with van der Waals surface area (Å²) >= 11 is 0. The van der Waals surface area contributed by atoms with Crippen LogP contribution in [-0.4, -0.2) is 18.5 Å². The van der Waals surface area contributed by atoms with Crippen LogP contribution in [0.25, 0.3) is 0 Å². The molecule has 0 aliphatic heterocycles. The summed E-state index contributed by atoms with van der Waals surface area (Å²) in [6, 6.07) is 20.3. The maximum atomic E-state index is 11.3. The number of hydrogen-bond donors (Lipinski definition) is 0. The normalized spacial score (nSPS) is 12.1. The van der Waals surface area contributed by atoms with E-state index in [0.717, 1.165) is 18.4 Å². The number of hydrogen-bond acceptors (Lipinski definition) is 3. The minimum Gasteiger partial charge on any atom is -0.377 e. The highest BCUT2D eigenvalue weighted by molar-refractivity contribution is 5.98. The molecule has 3 nitrogen and oxygen atoms in total. The number of carbonyl (C=O) groups is 1. The Morgan fingerprint density at radius 2 is 1.59 bits per heavy atom. The van der Waals surface area contributed by atoms with Crippen molar-refractivity contribution >= 4 is 5.78 Å². The fourth-order valence-electron chi connectivity index (χ4n) is 2.64. The van der Waals surface area contributed by atoms with E-state index in [1.165, 1.54) is 11.6 Å². The molecule has 0 saturated heterocycles. The number of allylic oxidation sites excluding steroid dienone is 2. The van der Waals surface area contributed by atoms with Crippen molar-refractivity contribution < 1.29 is 14.3 Å². The van der Waals surface area contributed by atoms with Crippen molar-refractivity contribution in [2.75, 3.05) is 6.61 Å². The number of benzene rings is 2. The van der Waals surface area contributed by atoms with Gasteiger partial charge in [0.15, 0.2) is 5.78 Å². The molecule has 0 bridgehead atoms. The predicted octanol–water partition coefficient (Wildman–Crippen LogP) is 5.27. The van der Waals surface area contributed by atoms with Crippen LogP contribution in [0.4, 0.5) is 0 Å². The van der Waals surface area contributed by atoms with Crippen molar-refractivity contribution in [1.82, 2.24) is 0 Å². The van der Waals surface area contributed by atoms with E-state index in [1.807, 2.05) is 42.5 Å². The van der Waals surface area contributed by atoms with Gasteiger partial charge in [-0.1, -0.05) is 73.3 Å². The van der Waals surface area contributed by atoms with Crippen LogP contribution in [-0.2, 0) is 27.5 Å². The van der Waals surface area contributed by atoms with Crippen LogP contribution in [0.15, 0.2) is 85.5 Å². The first-order valence-electron chi connectivity index (χ1n) is 9.38. The Kier molecular flexibility index (Phi) is 9.87. The van der Waals surface area contributed by atoms with Crippen molar-refractivity contribution in [3.63, 3.8) is 0 Å². The molecule has 0 saturated carbocycles. The second-order valence-electron chi connectivity index (χ2n) is 6.34. The molecule has 0 aromatic heterocycles. The van der Waals surface area contributed by atoms with Gasteiger partial charge < -0.3 is 9.47 Å². The SMILES string of the molecule is C=CC(=O)/C=C/C[C@@H](CCCOCc1ccccc1)OCc1ccccc1. The highest BCUT2D eigenvalue weighted by atomic mass is 16.5. The number of rotatable bonds is 13. The molecule has 1 atom stereocenters. The summed E-state index contributed by atoms with van der Waals surface area (Å²) in [4.78, 5) is 11.3. The smallest absolute Gasteiger partial charge is 0.177 e. The van der Waals surface area contributed by atoms with Gasteiger partial charge in [0.1, 0.15) is 0 Å². The van der Waals surface area contributed by atoms with Gasteiger partial charge in [-0.05, 0) is 42.5 Å². The Labute approximate surface area is 162 Å². The summed E-state index contributed by atoms with van der Waals surface area (Å²) in [7, 11) is 0. The first kappa shape index (κ1) is 20.8. The molecule has 0 aliphatic carbocycles. The highest BCUT2D eigenvalue weighted by Gasteiger charge is 2.08. The van der Waals surface area contributed by atoms with Crippen LogP contribution in [0, 0.1) is 0 Å². The van der Waals surface area contributed by atoms with E-state index in [2.05, 4.69) is 30.8 Å². The first-order valence-corrected chi connectivity index (χ1v) is 9.38. The van der Waals surface area contributed by atoms with Crippen LogP contribution in [0.3, 0.4) is 0 Å². The summed E-state index contributed by atoms with van der Waals surface area (Å²) in [5.74, 6) is -0.0806. The third-order valence-corrected chi connectivity index (χ3v) is 4.14. The Hall–Kier alpha value is -2.49. The van der Waals surface area contributed by atoms with Crippen molar-refractivity contribution in [2.24, 2.45) is 0 Å². The zero-order valence-electron chi connectivity index (χ0n) is 15.8. The second kappa shape index (κ2) is 12.8. The van der Waals surface area contributed by atoms with Gasteiger partial charge in [0, 0.05) is 6.61 Å². The molecule has 142 valence electrons. The molecule has 3 heteroatoms. The Morgan fingerprint density at radius 1 is 0.963 bits per heavy atom. The van der Waals surface area contributed by atoms with Gasteiger partial charge in [-0.3, -0.25) is 4.79 Å². The molecule has 0 aliphatic rings. The zero-order valence-corrected chi connectivity index (χ0v) is 15.8. The van der Waals surface area contributed by atoms with Gasteiger partial charge in [-0.25, -0.2) is 0 Å². The Morgan fingerprint density at radius 3 is 2.22 bits per heavy atom. The van der Waals surface area contributed by atoms with E-state index in [1.54, 1.807) is 6.08 Å². The van der Waals surface area contributed by atoms with Crippen LogP contribution in [0.2, 0.25) is 0 Å². The second-order valence-corrected chi connectivity index (χ2v) is 6.34. The summed E-state index contributed by atoms with van der Waals surface area (Å²) in [5.41, 5.74) is 2.33. The topological polar surface area (TPSA) is 35.5 Å². The van der Waals surface area contributed by atoms with Crippen molar-refractivity contribution in [3.8, 4) is 0 Å². The van der Waals surface area contributed by atoms with Gasteiger partial charge in [-0.15, -0.1) is 0 Å². The fraction of sp³-hybridized carbons (Fsp3) is 0.292. The molecule has 0 fully saturated rings. The van der Waals surface area contributed by atoms with E-state index < -0.39 is 0 Å². The number of carbonyl (C=O) groups excluding carboxylic acids is 1. The fourth-order valence-corrected chi connectivity index (χ4v) is 2.64. The molecule has 2 aromatic carbocycles. The van der Waals surface area contributed by atoms with Gasteiger partial charge in [0.25, 0.3) is 0 Å². The van der Waals surface area contributed by atoms with Crippen LogP contribution >= 0.6 is 0 Å². The Balaban J connectivity index is 1.74. The molecule has 0 amide bonds. The van der Waals surface area contributed by atoms with Gasteiger partial charge in [0.2, 0.25) is 0 Å². The molecule has 2 rings (SSSR count). The van der Waals surface area contributed by atoms with Crippen LogP contribution in [0.5, 0.6) is 0 Å². The third kappa shape index (κ3) is 9.13. The van der Waals surface area contributed by atoms with E-state index in [-0.39, 0.29) is 11.9 Å². The average Bonchev–Trinajstić information content (AvgIpc) is 2.72. The van der Waals surface area contributed by atoms with Gasteiger partial charge in [-0.2, -0.15) is 0 Å². The lowest BCUT2D eigenvalue weighted by atomic mass is 10.1. The van der Waals surface area contributed by atoms with Gasteiger partial charge >= 0.3 is 0 Å². The zero-order chi connectivity index (χ0) is 19.2. The molecule has 0 unspecified atom stereocenters. The molecule has 27 heavy (non-hydrogen) atoms. The molecule has 0 heterocycles. The lowest BCUT2D eigenvalue weighted by Gasteiger charge is -2.16. The third-order valence-electron chi connectivity index (χ3n) is 4.14. The standard InChI is InChI=1S/C24H28O3/c1-2-23(25)15-9-16-24(27-20-22-13-7-4-8-14-22)17-10-18-26-19-21-11-5-3-6-12-21/h2-9,11-15,24H,1,10,16-20H2/b15-9+/t24-/m0/s1. The lowest BCUT2D eigenvalue weighted by molar-refractivity contribution is -0.110. The lowest BCUT2D eigenvalue weighted by Crippen LogP contribution is -2.13. The number of ether oxygens (including phenoxy) is 2. The monoisotopic (exact) mass is 364 g/mol. The van der Waals surface area contributed by atoms with E-state index >= 15 is 0 Å². The number of ketones is 1. The van der Waals surface area contributed by atoms with Crippen molar-refractivity contribution in [1.29, 1.82) is 0 Å². The highest BCUT2D eigenvalue weighted by Crippen LogP contribution is 2.13. The van der Waals surface area contributed by atoms with Crippen molar-refractivity contribution in [2.45, 2.75) is 38.6 Å². The molecule has 0 spiro atoms. The summed E-state index contributed by atoms with van der Waals surface area (Å²) in [5, 5.41) is 0. The van der Waals surface area contributed by atoms with Crippen LogP contribution < -0.4 is 0 Å². The largest absolute Gasteiger partial charge is 0.377 e. The van der Waals surface area contributed by atoms with Crippen LogP contribution in [0.1, 0.15) is 30.4 Å². The molecular weight excluding hydrogens is 336 g/mol. The minimum absolute atomic E-state index is 0.0550. The average molecular weight is 364 g/mol. The summed E-state index contributed by atoms with van der Waals surface area (Å²) < 4.78 is 11.8. The maximum Gasteiger partial charge on any atom is 0.177 e. The summed E-state index contributed by atoms with van der Waals surface area (Å²) in [6.07, 6.45) is 7.28. The molecular formula is C24H28O3. The molecule has 0 N–H and O–H groups in total. The molecule has 2 aromatic rings. The summed E-state index contributed by atoms with van der Waals surface area (Å²) in [6.45, 7) is 5.37.